The summed E-state index contributed by atoms with van der Waals surface area (Å²) in [7, 11) is 1.44. The smallest absolute Gasteiger partial charge is 0.273 e. The Hall–Kier alpha value is -4.41. The van der Waals surface area contributed by atoms with Gasteiger partial charge in [-0.05, 0) is 68.3 Å². The van der Waals surface area contributed by atoms with Gasteiger partial charge < -0.3 is 30.7 Å². The summed E-state index contributed by atoms with van der Waals surface area (Å²) in [6, 6.07) is 15.1. The van der Waals surface area contributed by atoms with Gasteiger partial charge in [-0.3, -0.25) is 10.2 Å². The maximum absolute atomic E-state index is 12.0. The van der Waals surface area contributed by atoms with Gasteiger partial charge in [0, 0.05) is 36.1 Å². The van der Waals surface area contributed by atoms with E-state index in [9.17, 15) is 4.79 Å². The number of ether oxygens (including phenoxy) is 2. The van der Waals surface area contributed by atoms with Crippen molar-refractivity contribution in [3.8, 4) is 5.75 Å². The van der Waals surface area contributed by atoms with E-state index in [-0.39, 0.29) is 23.5 Å². The van der Waals surface area contributed by atoms with Crippen LogP contribution in [0.4, 0.5) is 23.1 Å². The molecule has 1 atom stereocenters. The molecule has 4 rings (SSSR count). The van der Waals surface area contributed by atoms with Gasteiger partial charge in [-0.25, -0.2) is 0 Å². The van der Waals surface area contributed by atoms with Gasteiger partial charge in [-0.2, -0.15) is 4.98 Å². The number of amides is 1. The molecule has 2 heterocycles. The van der Waals surface area contributed by atoms with Crippen molar-refractivity contribution >= 4 is 34.9 Å². The van der Waals surface area contributed by atoms with Crippen molar-refractivity contribution in [1.82, 2.24) is 15.2 Å². The molecule has 188 valence electrons. The summed E-state index contributed by atoms with van der Waals surface area (Å²) in [5, 5.41) is 22.7. The second-order valence-electron chi connectivity index (χ2n) is 8.30. The van der Waals surface area contributed by atoms with Crippen LogP contribution in [0.1, 0.15) is 35.8 Å². The van der Waals surface area contributed by atoms with E-state index in [1.165, 1.54) is 7.11 Å². The Labute approximate surface area is 209 Å². The predicted molar refractivity (Wildman–Crippen MR) is 138 cm³/mol. The number of rotatable bonds is 9. The maximum Gasteiger partial charge on any atom is 0.273 e. The number of nitrogens with one attached hydrogen (secondary N) is 3. The Morgan fingerprint density at radius 2 is 1.86 bits per heavy atom. The molecule has 5 N–H and O–H groups in total. The number of primary amides is 1. The minimum Gasteiger partial charge on any atom is -0.494 e. The van der Waals surface area contributed by atoms with Gasteiger partial charge in [-0.15, -0.1) is 10.2 Å². The van der Waals surface area contributed by atoms with Crippen molar-refractivity contribution in [3.63, 3.8) is 0 Å². The zero-order valence-corrected chi connectivity index (χ0v) is 20.3. The first kappa shape index (κ1) is 24.7. The lowest BCUT2D eigenvalue weighted by atomic mass is 10.1. The molecule has 0 bridgehead atoms. The molecule has 1 saturated heterocycles. The summed E-state index contributed by atoms with van der Waals surface area (Å²) in [6.45, 7) is 4.04. The van der Waals surface area contributed by atoms with E-state index < -0.39 is 5.91 Å². The van der Waals surface area contributed by atoms with Gasteiger partial charge in [-0.1, -0.05) is 0 Å². The molecule has 0 unspecified atom stereocenters. The number of benzene rings is 2. The molecule has 36 heavy (non-hydrogen) atoms. The normalized spacial score (nSPS) is 15.2. The number of hydrogen-bond donors (Lipinski definition) is 4. The number of hydrogen-bond acceptors (Lipinski definition) is 10. The summed E-state index contributed by atoms with van der Waals surface area (Å²) in [4.78, 5) is 18.6. The second-order valence-corrected chi connectivity index (χ2v) is 8.30. The Bertz CT molecular complexity index is 1200. The third-order valence-electron chi connectivity index (χ3n) is 5.76. The van der Waals surface area contributed by atoms with E-state index in [1.807, 2.05) is 36.1 Å². The fraction of sp³-hybridized carbons (Fsp3) is 0.320. The quantitative estimate of drug-likeness (QED) is 0.262. The van der Waals surface area contributed by atoms with Crippen molar-refractivity contribution < 1.29 is 14.3 Å². The highest BCUT2D eigenvalue weighted by Gasteiger charge is 2.24. The van der Waals surface area contributed by atoms with E-state index in [1.54, 1.807) is 24.3 Å². The number of piperidine rings is 1. The number of nitrogens with zero attached hydrogens (tertiary/aromatic N) is 4. The van der Waals surface area contributed by atoms with Crippen LogP contribution in [-0.2, 0) is 4.74 Å². The van der Waals surface area contributed by atoms with Crippen LogP contribution in [-0.4, -0.2) is 59.8 Å². The Balaban J connectivity index is 1.48. The first-order valence-electron chi connectivity index (χ1n) is 11.8. The van der Waals surface area contributed by atoms with Gasteiger partial charge in [0.05, 0.1) is 13.7 Å². The largest absolute Gasteiger partial charge is 0.494 e. The molecule has 11 heteroatoms. The van der Waals surface area contributed by atoms with E-state index in [0.29, 0.717) is 30.4 Å². The number of methoxy groups -OCH3 is 1. The van der Waals surface area contributed by atoms with Crippen molar-refractivity contribution in [1.29, 1.82) is 5.41 Å². The molecule has 0 spiro atoms. The first-order chi connectivity index (χ1) is 17.5. The second kappa shape index (κ2) is 11.3. The summed E-state index contributed by atoms with van der Waals surface area (Å²) >= 11 is 0. The van der Waals surface area contributed by atoms with Crippen LogP contribution in [0, 0.1) is 5.41 Å². The first-order valence-corrected chi connectivity index (χ1v) is 11.8. The molecule has 1 fully saturated rings. The summed E-state index contributed by atoms with van der Waals surface area (Å²) in [5.41, 5.74) is 7.77. The van der Waals surface area contributed by atoms with Crippen LogP contribution >= 0.6 is 0 Å². The topological polar surface area (TPSA) is 151 Å². The van der Waals surface area contributed by atoms with E-state index >= 15 is 0 Å². The van der Waals surface area contributed by atoms with Crippen LogP contribution in [0.5, 0.6) is 5.75 Å². The van der Waals surface area contributed by atoms with Crippen molar-refractivity contribution in [2.75, 3.05) is 42.3 Å². The van der Waals surface area contributed by atoms with Gasteiger partial charge in [0.2, 0.25) is 11.8 Å². The van der Waals surface area contributed by atoms with Gasteiger partial charge in [0.1, 0.15) is 5.75 Å². The fourth-order valence-electron chi connectivity index (χ4n) is 3.99. The van der Waals surface area contributed by atoms with E-state index in [4.69, 9.17) is 20.6 Å². The highest BCUT2D eigenvalue weighted by atomic mass is 16.5. The Kier molecular flexibility index (Phi) is 7.79. The van der Waals surface area contributed by atoms with Gasteiger partial charge in [0.15, 0.2) is 11.5 Å². The highest BCUT2D eigenvalue weighted by Crippen LogP contribution is 2.24. The van der Waals surface area contributed by atoms with E-state index in [0.717, 1.165) is 30.8 Å². The predicted octanol–water partition coefficient (Wildman–Crippen LogP) is 3.17. The number of anilines is 4. The third kappa shape index (κ3) is 5.98. The summed E-state index contributed by atoms with van der Waals surface area (Å²) in [5.74, 6) is 0.815. The van der Waals surface area contributed by atoms with Crippen LogP contribution in [0.25, 0.3) is 0 Å². The van der Waals surface area contributed by atoms with Gasteiger partial charge in [0.25, 0.3) is 5.91 Å². The lowest BCUT2D eigenvalue weighted by Crippen LogP contribution is -2.43. The van der Waals surface area contributed by atoms with E-state index in [2.05, 4.69) is 25.8 Å². The zero-order valence-electron chi connectivity index (χ0n) is 20.3. The molecule has 1 aromatic heterocycles. The molecule has 0 radical (unpaired) electrons. The molecule has 3 aromatic rings. The molecule has 0 saturated carbocycles. The molecule has 1 aliphatic rings. The van der Waals surface area contributed by atoms with Crippen molar-refractivity contribution in [2.45, 2.75) is 25.8 Å². The van der Waals surface area contributed by atoms with Crippen LogP contribution in [0.3, 0.4) is 0 Å². The van der Waals surface area contributed by atoms with Crippen molar-refractivity contribution in [3.05, 3.63) is 59.8 Å². The van der Waals surface area contributed by atoms with Crippen LogP contribution in [0.15, 0.2) is 48.5 Å². The van der Waals surface area contributed by atoms with Crippen molar-refractivity contribution in [2.24, 2.45) is 5.73 Å². The molecular weight excluding hydrogens is 460 g/mol. The number of carbonyl (C=O) groups excluding carboxylic acids is 1. The monoisotopic (exact) mass is 490 g/mol. The third-order valence-corrected chi connectivity index (χ3v) is 5.76. The lowest BCUT2D eigenvalue weighted by Gasteiger charge is -2.33. The number of carbonyl (C=O) groups is 1. The van der Waals surface area contributed by atoms with Gasteiger partial charge >= 0.3 is 0 Å². The molecule has 0 aliphatic carbocycles. The maximum atomic E-state index is 12.0. The minimum absolute atomic E-state index is 0.0477. The van der Waals surface area contributed by atoms with Crippen LogP contribution < -0.4 is 26.0 Å². The van der Waals surface area contributed by atoms with Crippen LogP contribution in [0.2, 0.25) is 0 Å². The molecule has 2 aromatic carbocycles. The minimum atomic E-state index is -0.726. The standard InChI is InChI=1S/C25H30N8O3/c1-3-36-20-12-10-17(11-13-20)28-19-5-4-14-33(15-19)25-30-24(21(22(26)34)31-32-25)29-18-8-6-16(7-9-18)23(27)35-2/h6-13,19,27-28H,3-5,14-15H2,1-2H3,(H2,26,34)(H,29,30,32)/t19-/m1/s1. The molecule has 1 aliphatic heterocycles. The Morgan fingerprint density at radius 3 is 2.53 bits per heavy atom. The fourth-order valence-corrected chi connectivity index (χ4v) is 3.99. The average Bonchev–Trinajstić information content (AvgIpc) is 2.90. The number of nitrogens with two attached hydrogens (primary N) is 1. The summed E-state index contributed by atoms with van der Waals surface area (Å²) < 4.78 is 10.5. The molecule has 11 nitrogen and oxygen atoms in total. The number of aromatic nitrogens is 3. The Morgan fingerprint density at radius 1 is 1.14 bits per heavy atom. The summed E-state index contributed by atoms with van der Waals surface area (Å²) in [6.07, 6.45) is 1.95. The average molecular weight is 491 g/mol. The highest BCUT2D eigenvalue weighted by molar-refractivity contribution is 5.96. The zero-order chi connectivity index (χ0) is 25.5. The molecule has 1 amide bonds. The SMILES string of the molecule is CCOc1ccc(N[C@@H]2CCCN(c3nnc(C(N)=O)c(Nc4ccc(C(=N)OC)cc4)n3)C2)cc1. The lowest BCUT2D eigenvalue weighted by molar-refractivity contribution is 0.0995. The molecular formula is C25H30N8O3.